The van der Waals surface area contributed by atoms with Gasteiger partial charge in [-0.1, -0.05) is 23.8 Å². The van der Waals surface area contributed by atoms with E-state index < -0.39 is 0 Å². The number of hydrogen-bond donors (Lipinski definition) is 0. The minimum atomic E-state index is 0.891. The normalized spacial score (nSPS) is 11.6. The van der Waals surface area contributed by atoms with E-state index in [2.05, 4.69) is 40.9 Å². The van der Waals surface area contributed by atoms with Crippen molar-refractivity contribution in [3.05, 3.63) is 65.9 Å². The van der Waals surface area contributed by atoms with Crippen molar-refractivity contribution in [1.82, 2.24) is 9.88 Å². The molecule has 0 aliphatic rings. The smallest absolute Gasteiger partial charge is 0.0961 e. The molecular weight excluding hydrogens is 296 g/mol. The molecule has 0 bridgehead atoms. The minimum absolute atomic E-state index is 0.891. The first kappa shape index (κ1) is 15.9. The highest BCUT2D eigenvalue weighted by molar-refractivity contribution is 5.83. The Morgan fingerprint density at radius 3 is 2.62 bits per heavy atom. The van der Waals surface area contributed by atoms with Gasteiger partial charge in [-0.2, -0.15) is 0 Å². The van der Waals surface area contributed by atoms with Crippen LogP contribution < -0.4 is 0 Å². The minimum Gasteiger partial charge on any atom is -0.326 e. The molecule has 0 aliphatic carbocycles. The topological polar surface area (TPSA) is 40.9 Å². The van der Waals surface area contributed by atoms with Crippen LogP contribution in [0.25, 0.3) is 10.9 Å². The highest BCUT2D eigenvalue weighted by Crippen LogP contribution is 2.20. The summed E-state index contributed by atoms with van der Waals surface area (Å²) in [4.78, 5) is 15.1. The van der Waals surface area contributed by atoms with Gasteiger partial charge in [0.25, 0.3) is 0 Å². The summed E-state index contributed by atoms with van der Waals surface area (Å²) in [5.74, 6) is 0. The van der Waals surface area contributed by atoms with E-state index in [-0.39, 0.29) is 0 Å². The zero-order valence-corrected chi connectivity index (χ0v) is 14.1. The molecule has 120 valence electrons. The van der Waals surface area contributed by atoms with Crippen LogP contribution in [-0.2, 0) is 0 Å². The molecule has 0 radical (unpaired) electrons. The van der Waals surface area contributed by atoms with E-state index in [1.807, 2.05) is 48.3 Å². The van der Waals surface area contributed by atoms with Crippen molar-refractivity contribution in [3.63, 3.8) is 0 Å². The SMILES string of the molecule is Cc1ccc(N=CN(C)C=Nc2ccc3ncccc3c2)c(C)c1. The Hall–Kier alpha value is -3.01. The van der Waals surface area contributed by atoms with Gasteiger partial charge < -0.3 is 4.90 Å². The zero-order chi connectivity index (χ0) is 16.9. The second kappa shape index (κ2) is 7.04. The maximum absolute atomic E-state index is 4.51. The molecule has 4 nitrogen and oxygen atoms in total. The van der Waals surface area contributed by atoms with E-state index in [1.54, 1.807) is 18.9 Å². The summed E-state index contributed by atoms with van der Waals surface area (Å²) in [6, 6.07) is 16.1. The van der Waals surface area contributed by atoms with Crippen molar-refractivity contribution in [1.29, 1.82) is 0 Å². The number of benzene rings is 2. The highest BCUT2D eigenvalue weighted by Gasteiger charge is 1.97. The van der Waals surface area contributed by atoms with Crippen molar-refractivity contribution in [2.24, 2.45) is 9.98 Å². The van der Waals surface area contributed by atoms with E-state index in [1.165, 1.54) is 11.1 Å². The molecule has 3 rings (SSSR count). The molecule has 0 atom stereocenters. The quantitative estimate of drug-likeness (QED) is 0.512. The number of nitrogens with zero attached hydrogens (tertiary/aromatic N) is 4. The van der Waals surface area contributed by atoms with Crippen LogP contribution in [0.5, 0.6) is 0 Å². The van der Waals surface area contributed by atoms with Gasteiger partial charge in [0, 0.05) is 18.6 Å². The van der Waals surface area contributed by atoms with E-state index in [0.717, 1.165) is 22.3 Å². The predicted octanol–water partition coefficient (Wildman–Crippen LogP) is 4.80. The molecule has 0 saturated carbocycles. The van der Waals surface area contributed by atoms with Gasteiger partial charge in [-0.05, 0) is 49.7 Å². The van der Waals surface area contributed by atoms with Crippen molar-refractivity contribution in [3.8, 4) is 0 Å². The fourth-order valence-corrected chi connectivity index (χ4v) is 2.43. The summed E-state index contributed by atoms with van der Waals surface area (Å²) in [7, 11) is 1.92. The molecule has 0 aliphatic heterocycles. The van der Waals surface area contributed by atoms with Crippen LogP contribution in [0.3, 0.4) is 0 Å². The van der Waals surface area contributed by atoms with E-state index in [9.17, 15) is 0 Å². The molecule has 3 aromatic rings. The van der Waals surface area contributed by atoms with Crippen LogP contribution in [0, 0.1) is 13.8 Å². The summed E-state index contributed by atoms with van der Waals surface area (Å²) in [5, 5.41) is 1.08. The summed E-state index contributed by atoms with van der Waals surface area (Å²) < 4.78 is 0. The average molecular weight is 316 g/mol. The van der Waals surface area contributed by atoms with Crippen LogP contribution in [0.2, 0.25) is 0 Å². The van der Waals surface area contributed by atoms with Gasteiger partial charge >= 0.3 is 0 Å². The van der Waals surface area contributed by atoms with Crippen molar-refractivity contribution in [2.75, 3.05) is 7.05 Å². The van der Waals surface area contributed by atoms with Crippen molar-refractivity contribution in [2.45, 2.75) is 13.8 Å². The lowest BCUT2D eigenvalue weighted by atomic mass is 10.1. The molecular formula is C20H20N4. The van der Waals surface area contributed by atoms with Gasteiger partial charge in [0.15, 0.2) is 0 Å². The Morgan fingerprint density at radius 1 is 0.958 bits per heavy atom. The lowest BCUT2D eigenvalue weighted by molar-refractivity contribution is 0.802. The third-order valence-corrected chi connectivity index (χ3v) is 3.71. The fourth-order valence-electron chi connectivity index (χ4n) is 2.43. The molecule has 4 heteroatoms. The lowest BCUT2D eigenvalue weighted by Gasteiger charge is -2.06. The average Bonchev–Trinajstić information content (AvgIpc) is 2.59. The van der Waals surface area contributed by atoms with Crippen molar-refractivity contribution < 1.29 is 0 Å². The maximum atomic E-state index is 4.51. The zero-order valence-electron chi connectivity index (χ0n) is 14.1. The van der Waals surface area contributed by atoms with Crippen LogP contribution in [0.1, 0.15) is 11.1 Å². The predicted molar refractivity (Wildman–Crippen MR) is 102 cm³/mol. The van der Waals surface area contributed by atoms with E-state index in [0.29, 0.717) is 0 Å². The summed E-state index contributed by atoms with van der Waals surface area (Å²) in [6.07, 6.45) is 5.32. The molecule has 0 saturated heterocycles. The first-order valence-corrected chi connectivity index (χ1v) is 7.84. The Bertz CT molecular complexity index is 912. The van der Waals surface area contributed by atoms with E-state index in [4.69, 9.17) is 0 Å². The Balaban J connectivity index is 1.71. The van der Waals surface area contributed by atoms with Crippen LogP contribution in [0.15, 0.2) is 64.7 Å². The van der Waals surface area contributed by atoms with Gasteiger partial charge in [0.1, 0.15) is 0 Å². The fraction of sp³-hybridized carbons (Fsp3) is 0.150. The van der Waals surface area contributed by atoms with Gasteiger partial charge in [-0.3, -0.25) is 4.98 Å². The number of rotatable bonds is 4. The molecule has 0 unspecified atom stereocenters. The van der Waals surface area contributed by atoms with Gasteiger partial charge in [-0.25, -0.2) is 9.98 Å². The Labute approximate surface area is 142 Å². The van der Waals surface area contributed by atoms with Gasteiger partial charge in [-0.15, -0.1) is 0 Å². The molecule has 1 aromatic heterocycles. The van der Waals surface area contributed by atoms with Gasteiger partial charge in [0.05, 0.1) is 29.6 Å². The molecule has 0 N–H and O–H groups in total. The second-order valence-corrected chi connectivity index (χ2v) is 5.82. The molecule has 0 fully saturated rings. The molecule has 2 aromatic carbocycles. The monoisotopic (exact) mass is 316 g/mol. The summed E-state index contributed by atoms with van der Waals surface area (Å²) >= 11 is 0. The maximum Gasteiger partial charge on any atom is 0.0961 e. The molecule has 0 spiro atoms. The first-order valence-electron chi connectivity index (χ1n) is 7.84. The van der Waals surface area contributed by atoms with Crippen LogP contribution >= 0.6 is 0 Å². The van der Waals surface area contributed by atoms with Crippen LogP contribution in [0.4, 0.5) is 11.4 Å². The van der Waals surface area contributed by atoms with Gasteiger partial charge in [0.2, 0.25) is 0 Å². The number of hydrogen-bond acceptors (Lipinski definition) is 3. The Morgan fingerprint density at radius 2 is 1.79 bits per heavy atom. The second-order valence-electron chi connectivity index (χ2n) is 5.82. The number of pyridine rings is 1. The first-order chi connectivity index (χ1) is 11.6. The highest BCUT2D eigenvalue weighted by atomic mass is 15.1. The largest absolute Gasteiger partial charge is 0.326 e. The van der Waals surface area contributed by atoms with E-state index >= 15 is 0 Å². The third kappa shape index (κ3) is 3.84. The van der Waals surface area contributed by atoms with Crippen molar-refractivity contribution >= 4 is 35.0 Å². The van der Waals surface area contributed by atoms with Crippen LogP contribution in [-0.4, -0.2) is 29.6 Å². The summed E-state index contributed by atoms with van der Waals surface area (Å²) in [6.45, 7) is 4.15. The number of fused-ring (bicyclic) bond motifs is 1. The standard InChI is InChI=1S/C20H20N4/c1-15-6-8-19(16(2)11-15)23-14-24(3)13-22-18-7-9-20-17(12-18)5-4-10-21-20/h4-14H,1-3H3. The third-order valence-electron chi connectivity index (χ3n) is 3.71. The number of aliphatic imine (C=N–C) groups is 2. The number of aryl methyl sites for hydroxylation is 2. The molecule has 1 heterocycles. The molecule has 24 heavy (non-hydrogen) atoms. The molecule has 0 amide bonds. The lowest BCUT2D eigenvalue weighted by Crippen LogP contribution is -2.12. The number of aromatic nitrogens is 1. The summed E-state index contributed by atoms with van der Waals surface area (Å²) in [5.41, 5.74) is 5.24. The Kier molecular flexibility index (Phi) is 4.66.